The number of anilines is 2. The summed E-state index contributed by atoms with van der Waals surface area (Å²) in [6, 6.07) is 15.7. The third-order valence-electron chi connectivity index (χ3n) is 6.38. The summed E-state index contributed by atoms with van der Waals surface area (Å²) in [5.41, 5.74) is 2.01. The van der Waals surface area contributed by atoms with Crippen LogP contribution < -0.4 is 24.6 Å². The van der Waals surface area contributed by atoms with Gasteiger partial charge in [0.1, 0.15) is 18.1 Å². The number of fused-ring (bicyclic) bond motifs is 1. The lowest BCUT2D eigenvalue weighted by atomic mass is 10.2. The van der Waals surface area contributed by atoms with Crippen LogP contribution >= 0.6 is 0 Å². The number of para-hydroxylation sites is 2. The number of carbonyl (C=O) groups is 2. The normalized spacial score (nSPS) is 15.9. The van der Waals surface area contributed by atoms with E-state index in [0.717, 1.165) is 56.3 Å². The number of carbonyl (C=O) groups excluding carboxylic acids is 2. The van der Waals surface area contributed by atoms with E-state index in [1.807, 2.05) is 36.4 Å². The van der Waals surface area contributed by atoms with E-state index < -0.39 is 0 Å². The molecule has 2 aromatic rings. The minimum absolute atomic E-state index is 0.0411. The summed E-state index contributed by atoms with van der Waals surface area (Å²) in [5.74, 6) is 1.48. The monoisotopic (exact) mass is 466 g/mol. The number of hydrogen-bond acceptors (Lipinski definition) is 6. The molecule has 0 saturated carbocycles. The molecule has 0 spiro atoms. The van der Waals surface area contributed by atoms with Gasteiger partial charge < -0.3 is 24.6 Å². The minimum atomic E-state index is -0.0702. The quantitative estimate of drug-likeness (QED) is 0.573. The van der Waals surface area contributed by atoms with Gasteiger partial charge in [-0.1, -0.05) is 12.1 Å². The molecule has 0 aliphatic carbocycles. The fourth-order valence-electron chi connectivity index (χ4n) is 4.43. The second kappa shape index (κ2) is 11.7. The van der Waals surface area contributed by atoms with Gasteiger partial charge in [-0.15, -0.1) is 0 Å². The summed E-state index contributed by atoms with van der Waals surface area (Å²) in [7, 11) is 1.68. The summed E-state index contributed by atoms with van der Waals surface area (Å²) in [4.78, 5) is 31.4. The van der Waals surface area contributed by atoms with Crippen molar-refractivity contribution < 1.29 is 19.1 Å². The van der Waals surface area contributed by atoms with Crippen LogP contribution in [0.5, 0.6) is 11.5 Å². The standard InChI is InChI=1S/C26H34N4O4/c1-33-22-9-7-21(8-10-22)29-17-15-28(16-18-29)14-4-13-27-25(31)11-12-26(32)30-19-20-34-24-6-3-2-5-23(24)30/h2-3,5-10H,4,11-20H2,1H3,(H,27,31). The van der Waals surface area contributed by atoms with Crippen molar-refractivity contribution in [2.75, 3.05) is 69.3 Å². The van der Waals surface area contributed by atoms with Crippen LogP contribution in [0.15, 0.2) is 48.5 Å². The van der Waals surface area contributed by atoms with E-state index in [0.29, 0.717) is 19.7 Å². The van der Waals surface area contributed by atoms with Crippen LogP contribution in [-0.2, 0) is 9.59 Å². The van der Waals surface area contributed by atoms with Gasteiger partial charge in [-0.05, 0) is 49.4 Å². The lowest BCUT2D eigenvalue weighted by Gasteiger charge is -2.36. The van der Waals surface area contributed by atoms with Crippen LogP contribution in [0.4, 0.5) is 11.4 Å². The predicted octanol–water partition coefficient (Wildman–Crippen LogP) is 2.53. The third-order valence-corrected chi connectivity index (χ3v) is 6.38. The van der Waals surface area contributed by atoms with Crippen molar-refractivity contribution in [1.29, 1.82) is 0 Å². The molecule has 182 valence electrons. The summed E-state index contributed by atoms with van der Waals surface area (Å²) in [6.07, 6.45) is 1.31. The SMILES string of the molecule is COc1ccc(N2CCN(CCCNC(=O)CCC(=O)N3CCOc4ccccc43)CC2)cc1. The Balaban J connectivity index is 1.10. The van der Waals surface area contributed by atoms with Crippen LogP contribution in [0.3, 0.4) is 0 Å². The van der Waals surface area contributed by atoms with E-state index in [2.05, 4.69) is 27.2 Å². The summed E-state index contributed by atoms with van der Waals surface area (Å²) >= 11 is 0. The molecule has 34 heavy (non-hydrogen) atoms. The average Bonchev–Trinajstić information content (AvgIpc) is 2.90. The molecule has 2 aliphatic rings. The van der Waals surface area contributed by atoms with E-state index in [9.17, 15) is 9.59 Å². The molecule has 1 fully saturated rings. The molecule has 0 aromatic heterocycles. The molecule has 2 aromatic carbocycles. The van der Waals surface area contributed by atoms with Gasteiger partial charge in [-0.25, -0.2) is 0 Å². The summed E-state index contributed by atoms with van der Waals surface area (Å²) < 4.78 is 10.8. The van der Waals surface area contributed by atoms with E-state index >= 15 is 0 Å². The summed E-state index contributed by atoms with van der Waals surface area (Å²) in [6.45, 7) is 6.58. The molecule has 4 rings (SSSR count). The number of ether oxygens (including phenoxy) is 2. The van der Waals surface area contributed by atoms with E-state index in [-0.39, 0.29) is 24.7 Å². The molecule has 2 amide bonds. The first kappa shape index (κ1) is 23.9. The number of nitrogens with zero attached hydrogens (tertiary/aromatic N) is 3. The molecule has 8 heteroatoms. The van der Waals surface area contributed by atoms with Crippen molar-refractivity contribution in [2.24, 2.45) is 0 Å². The second-order valence-corrected chi connectivity index (χ2v) is 8.59. The molecule has 0 atom stereocenters. The molecule has 0 unspecified atom stereocenters. The molecule has 1 N–H and O–H groups in total. The van der Waals surface area contributed by atoms with Crippen LogP contribution in [0.2, 0.25) is 0 Å². The molecular weight excluding hydrogens is 432 g/mol. The van der Waals surface area contributed by atoms with Crippen LogP contribution in [0.1, 0.15) is 19.3 Å². The van der Waals surface area contributed by atoms with Gasteiger partial charge in [0.05, 0.1) is 19.3 Å². The molecule has 2 aliphatic heterocycles. The Morgan fingerprint density at radius 2 is 1.74 bits per heavy atom. The Morgan fingerprint density at radius 1 is 0.971 bits per heavy atom. The van der Waals surface area contributed by atoms with Gasteiger partial charge in [-0.2, -0.15) is 0 Å². The van der Waals surface area contributed by atoms with E-state index in [4.69, 9.17) is 9.47 Å². The third kappa shape index (κ3) is 6.20. The lowest BCUT2D eigenvalue weighted by Crippen LogP contribution is -2.47. The highest BCUT2D eigenvalue weighted by Crippen LogP contribution is 2.31. The van der Waals surface area contributed by atoms with Crippen molar-refractivity contribution in [1.82, 2.24) is 10.2 Å². The van der Waals surface area contributed by atoms with Crippen molar-refractivity contribution >= 4 is 23.2 Å². The molecule has 8 nitrogen and oxygen atoms in total. The first-order chi connectivity index (χ1) is 16.6. The van der Waals surface area contributed by atoms with Gasteiger partial charge in [0, 0.05) is 51.3 Å². The first-order valence-corrected chi connectivity index (χ1v) is 12.0. The second-order valence-electron chi connectivity index (χ2n) is 8.59. The zero-order valence-electron chi connectivity index (χ0n) is 19.9. The Morgan fingerprint density at radius 3 is 2.50 bits per heavy atom. The number of nitrogens with one attached hydrogen (secondary N) is 1. The van der Waals surface area contributed by atoms with Gasteiger partial charge >= 0.3 is 0 Å². The lowest BCUT2D eigenvalue weighted by molar-refractivity contribution is -0.125. The Kier molecular flexibility index (Phi) is 8.25. The van der Waals surface area contributed by atoms with Crippen molar-refractivity contribution in [2.45, 2.75) is 19.3 Å². The van der Waals surface area contributed by atoms with Crippen molar-refractivity contribution in [3.8, 4) is 11.5 Å². The van der Waals surface area contributed by atoms with Crippen molar-refractivity contribution in [3.05, 3.63) is 48.5 Å². The highest BCUT2D eigenvalue weighted by molar-refractivity contribution is 5.97. The topological polar surface area (TPSA) is 74.4 Å². The maximum atomic E-state index is 12.6. The average molecular weight is 467 g/mol. The van der Waals surface area contributed by atoms with Gasteiger partial charge in [0.2, 0.25) is 11.8 Å². The smallest absolute Gasteiger partial charge is 0.227 e. The molecular formula is C26H34N4O4. The summed E-state index contributed by atoms with van der Waals surface area (Å²) in [5, 5.41) is 2.96. The Bertz CT molecular complexity index is 958. The van der Waals surface area contributed by atoms with Crippen molar-refractivity contribution in [3.63, 3.8) is 0 Å². The highest BCUT2D eigenvalue weighted by Gasteiger charge is 2.23. The first-order valence-electron chi connectivity index (χ1n) is 12.0. The van der Waals surface area contributed by atoms with Crippen LogP contribution in [-0.4, -0.2) is 76.2 Å². The van der Waals surface area contributed by atoms with Crippen LogP contribution in [0.25, 0.3) is 0 Å². The zero-order valence-corrected chi connectivity index (χ0v) is 19.9. The number of benzene rings is 2. The fourth-order valence-corrected chi connectivity index (χ4v) is 4.43. The molecule has 0 bridgehead atoms. The van der Waals surface area contributed by atoms with Gasteiger partial charge in [0.15, 0.2) is 0 Å². The molecule has 0 radical (unpaired) electrons. The van der Waals surface area contributed by atoms with E-state index in [1.165, 1.54) is 5.69 Å². The maximum Gasteiger partial charge on any atom is 0.227 e. The van der Waals surface area contributed by atoms with Crippen LogP contribution in [0, 0.1) is 0 Å². The Hall–Kier alpha value is -3.26. The number of hydrogen-bond donors (Lipinski definition) is 1. The van der Waals surface area contributed by atoms with E-state index in [1.54, 1.807) is 12.0 Å². The largest absolute Gasteiger partial charge is 0.497 e. The molecule has 1 saturated heterocycles. The number of amides is 2. The minimum Gasteiger partial charge on any atom is -0.497 e. The molecule has 2 heterocycles. The maximum absolute atomic E-state index is 12.6. The Labute approximate surface area is 201 Å². The van der Waals surface area contributed by atoms with Gasteiger partial charge in [0.25, 0.3) is 0 Å². The zero-order chi connectivity index (χ0) is 23.8. The van der Waals surface area contributed by atoms with Gasteiger partial charge in [-0.3, -0.25) is 14.5 Å². The fraction of sp³-hybridized carbons (Fsp3) is 0.462. The predicted molar refractivity (Wildman–Crippen MR) is 133 cm³/mol. The highest BCUT2D eigenvalue weighted by atomic mass is 16.5. The number of rotatable bonds is 9. The number of methoxy groups -OCH3 is 1. The number of piperazine rings is 1.